The van der Waals surface area contributed by atoms with Gasteiger partial charge in [-0.3, -0.25) is 4.68 Å². The number of rotatable bonds is 6. The lowest BCUT2D eigenvalue weighted by molar-refractivity contribution is 0.550. The standard InChI is InChI=1S/C15H24N4S/c1-10(2)6-16-8-15-11(3)18-19(12(15)4)9-14-7-17-13(5)20-14/h7,10,16H,6,8-9H2,1-5H3. The number of thiazole rings is 1. The first-order valence-corrected chi connectivity index (χ1v) is 7.94. The van der Waals surface area contributed by atoms with E-state index in [1.807, 2.05) is 13.1 Å². The van der Waals surface area contributed by atoms with Gasteiger partial charge in [0, 0.05) is 28.9 Å². The summed E-state index contributed by atoms with van der Waals surface area (Å²) in [6, 6.07) is 0. The molecule has 2 rings (SSSR count). The second-order valence-corrected chi connectivity index (χ2v) is 7.00. The van der Waals surface area contributed by atoms with E-state index >= 15 is 0 Å². The van der Waals surface area contributed by atoms with E-state index in [-0.39, 0.29) is 0 Å². The Labute approximate surface area is 125 Å². The summed E-state index contributed by atoms with van der Waals surface area (Å²) in [6.45, 7) is 13.5. The fourth-order valence-electron chi connectivity index (χ4n) is 2.26. The van der Waals surface area contributed by atoms with Crippen molar-refractivity contribution in [3.63, 3.8) is 0 Å². The van der Waals surface area contributed by atoms with Gasteiger partial charge in [-0.2, -0.15) is 5.10 Å². The second kappa shape index (κ2) is 6.50. The fourth-order valence-corrected chi connectivity index (χ4v) is 3.03. The van der Waals surface area contributed by atoms with Crippen LogP contribution in [0.2, 0.25) is 0 Å². The van der Waals surface area contributed by atoms with Crippen LogP contribution in [0.3, 0.4) is 0 Å². The zero-order valence-corrected chi connectivity index (χ0v) is 13.8. The monoisotopic (exact) mass is 292 g/mol. The maximum absolute atomic E-state index is 4.67. The predicted molar refractivity (Wildman–Crippen MR) is 84.2 cm³/mol. The van der Waals surface area contributed by atoms with E-state index in [0.29, 0.717) is 5.92 Å². The zero-order chi connectivity index (χ0) is 14.7. The maximum Gasteiger partial charge on any atom is 0.0897 e. The molecule has 0 spiro atoms. The Kier molecular flexibility index (Phi) is 4.94. The van der Waals surface area contributed by atoms with Crippen molar-refractivity contribution in [2.24, 2.45) is 5.92 Å². The molecule has 5 heteroatoms. The SMILES string of the molecule is Cc1ncc(Cn2nc(C)c(CNCC(C)C)c2C)s1. The first kappa shape index (κ1) is 15.2. The second-order valence-electron chi connectivity index (χ2n) is 5.68. The van der Waals surface area contributed by atoms with Crippen LogP contribution in [0.5, 0.6) is 0 Å². The third-order valence-corrected chi connectivity index (χ3v) is 4.26. The minimum absolute atomic E-state index is 0.672. The molecule has 4 nitrogen and oxygen atoms in total. The molecule has 110 valence electrons. The average Bonchev–Trinajstić information content (AvgIpc) is 2.88. The van der Waals surface area contributed by atoms with E-state index in [1.54, 1.807) is 11.3 Å². The number of hydrogen-bond acceptors (Lipinski definition) is 4. The van der Waals surface area contributed by atoms with Gasteiger partial charge in [0.05, 0.1) is 17.2 Å². The molecule has 0 atom stereocenters. The summed E-state index contributed by atoms with van der Waals surface area (Å²) in [5, 5.41) is 9.28. The van der Waals surface area contributed by atoms with Gasteiger partial charge in [-0.15, -0.1) is 11.3 Å². The third kappa shape index (κ3) is 3.67. The lowest BCUT2D eigenvalue weighted by atomic mass is 10.2. The summed E-state index contributed by atoms with van der Waals surface area (Å²) < 4.78 is 2.09. The van der Waals surface area contributed by atoms with Crippen LogP contribution >= 0.6 is 11.3 Å². The summed E-state index contributed by atoms with van der Waals surface area (Å²) in [4.78, 5) is 5.56. The van der Waals surface area contributed by atoms with Crippen molar-refractivity contribution < 1.29 is 0 Å². The molecule has 0 saturated carbocycles. The van der Waals surface area contributed by atoms with Crippen LogP contribution < -0.4 is 5.32 Å². The molecular formula is C15H24N4S. The molecule has 20 heavy (non-hydrogen) atoms. The fraction of sp³-hybridized carbons (Fsp3) is 0.600. The van der Waals surface area contributed by atoms with E-state index in [9.17, 15) is 0 Å². The van der Waals surface area contributed by atoms with Crippen LogP contribution in [0.4, 0.5) is 0 Å². The maximum atomic E-state index is 4.67. The number of nitrogens with one attached hydrogen (secondary N) is 1. The number of aryl methyl sites for hydroxylation is 2. The topological polar surface area (TPSA) is 42.7 Å². The Morgan fingerprint density at radius 1 is 1.30 bits per heavy atom. The van der Waals surface area contributed by atoms with Crippen molar-refractivity contribution in [1.82, 2.24) is 20.1 Å². The molecule has 1 N–H and O–H groups in total. The normalized spacial score (nSPS) is 11.5. The molecular weight excluding hydrogens is 268 g/mol. The first-order valence-electron chi connectivity index (χ1n) is 7.12. The molecule has 0 amide bonds. The Balaban J connectivity index is 2.08. The summed E-state index contributed by atoms with van der Waals surface area (Å²) >= 11 is 1.74. The largest absolute Gasteiger partial charge is 0.312 e. The van der Waals surface area contributed by atoms with Gasteiger partial charge in [0.2, 0.25) is 0 Å². The highest BCUT2D eigenvalue weighted by molar-refractivity contribution is 7.11. The lowest BCUT2D eigenvalue weighted by Gasteiger charge is -2.08. The van der Waals surface area contributed by atoms with E-state index in [0.717, 1.165) is 30.3 Å². The van der Waals surface area contributed by atoms with Crippen molar-refractivity contribution in [3.05, 3.63) is 33.0 Å². The van der Waals surface area contributed by atoms with Crippen molar-refractivity contribution in [1.29, 1.82) is 0 Å². The molecule has 2 aromatic rings. The highest BCUT2D eigenvalue weighted by Gasteiger charge is 2.12. The summed E-state index contributed by atoms with van der Waals surface area (Å²) in [6.07, 6.45) is 1.95. The Bertz CT molecular complexity index is 568. The van der Waals surface area contributed by atoms with Gasteiger partial charge in [0.15, 0.2) is 0 Å². The van der Waals surface area contributed by atoms with Gasteiger partial charge in [-0.1, -0.05) is 13.8 Å². The highest BCUT2D eigenvalue weighted by atomic mass is 32.1. The number of hydrogen-bond donors (Lipinski definition) is 1. The van der Waals surface area contributed by atoms with Crippen LogP contribution in [0, 0.1) is 26.7 Å². The third-order valence-electron chi connectivity index (χ3n) is 3.36. The van der Waals surface area contributed by atoms with Crippen LogP contribution in [-0.2, 0) is 13.1 Å². The van der Waals surface area contributed by atoms with E-state index < -0.39 is 0 Å². The summed E-state index contributed by atoms with van der Waals surface area (Å²) in [5.41, 5.74) is 3.71. The Morgan fingerprint density at radius 2 is 2.05 bits per heavy atom. The van der Waals surface area contributed by atoms with Gasteiger partial charge < -0.3 is 5.32 Å². The molecule has 0 radical (unpaired) electrons. The first-order chi connectivity index (χ1) is 9.47. The summed E-state index contributed by atoms with van der Waals surface area (Å²) in [5.74, 6) is 0.672. The summed E-state index contributed by atoms with van der Waals surface area (Å²) in [7, 11) is 0. The Morgan fingerprint density at radius 3 is 2.65 bits per heavy atom. The van der Waals surface area contributed by atoms with Crippen molar-refractivity contribution >= 4 is 11.3 Å². The highest BCUT2D eigenvalue weighted by Crippen LogP contribution is 2.17. The quantitative estimate of drug-likeness (QED) is 0.890. The molecule has 0 aromatic carbocycles. The van der Waals surface area contributed by atoms with Gasteiger partial charge >= 0.3 is 0 Å². The van der Waals surface area contributed by atoms with Crippen LogP contribution in [-0.4, -0.2) is 21.3 Å². The van der Waals surface area contributed by atoms with E-state index in [4.69, 9.17) is 0 Å². The number of nitrogens with zero attached hydrogens (tertiary/aromatic N) is 3. The van der Waals surface area contributed by atoms with Crippen molar-refractivity contribution in [3.8, 4) is 0 Å². The molecule has 2 heterocycles. The van der Waals surface area contributed by atoms with Crippen LogP contribution in [0.25, 0.3) is 0 Å². The molecule has 0 aliphatic rings. The molecule has 0 saturated heterocycles. The lowest BCUT2D eigenvalue weighted by Crippen LogP contribution is -2.19. The van der Waals surface area contributed by atoms with Crippen LogP contribution in [0.15, 0.2) is 6.20 Å². The number of aromatic nitrogens is 3. The van der Waals surface area contributed by atoms with Crippen molar-refractivity contribution in [2.45, 2.75) is 47.7 Å². The minimum Gasteiger partial charge on any atom is -0.312 e. The van der Waals surface area contributed by atoms with E-state index in [2.05, 4.69) is 47.8 Å². The van der Waals surface area contributed by atoms with Crippen LogP contribution in [0.1, 0.15) is 40.7 Å². The molecule has 2 aromatic heterocycles. The van der Waals surface area contributed by atoms with Gasteiger partial charge in [0.1, 0.15) is 0 Å². The van der Waals surface area contributed by atoms with Gasteiger partial charge in [-0.05, 0) is 33.2 Å². The minimum atomic E-state index is 0.672. The zero-order valence-electron chi connectivity index (χ0n) is 13.0. The molecule has 0 bridgehead atoms. The van der Waals surface area contributed by atoms with Gasteiger partial charge in [-0.25, -0.2) is 4.98 Å². The van der Waals surface area contributed by atoms with E-state index in [1.165, 1.54) is 16.1 Å². The average molecular weight is 292 g/mol. The molecule has 0 fully saturated rings. The molecule has 0 aliphatic carbocycles. The molecule has 0 aliphatic heterocycles. The predicted octanol–water partition coefficient (Wildman–Crippen LogP) is 3.06. The van der Waals surface area contributed by atoms with Gasteiger partial charge in [0.25, 0.3) is 0 Å². The smallest absolute Gasteiger partial charge is 0.0897 e. The molecule has 0 unspecified atom stereocenters. The van der Waals surface area contributed by atoms with Crippen molar-refractivity contribution in [2.75, 3.05) is 6.54 Å². The Hall–Kier alpha value is -1.20.